The molecule has 7 nitrogen and oxygen atoms in total. The van der Waals surface area contributed by atoms with Crippen LogP contribution in [0.25, 0.3) is 0 Å². The van der Waals surface area contributed by atoms with Crippen molar-refractivity contribution in [1.29, 1.82) is 0 Å². The fourth-order valence-corrected chi connectivity index (χ4v) is 5.54. The topological polar surface area (TPSA) is 92.8 Å². The minimum Gasteiger partial charge on any atom is -0.452 e. The summed E-state index contributed by atoms with van der Waals surface area (Å²) >= 11 is 5.98. The van der Waals surface area contributed by atoms with E-state index in [1.807, 2.05) is 13.8 Å². The molecule has 166 valence electrons. The number of carbonyl (C=O) groups is 2. The van der Waals surface area contributed by atoms with E-state index in [0.717, 1.165) is 6.42 Å². The maximum Gasteiger partial charge on any atom is 0.338 e. The highest BCUT2D eigenvalue weighted by atomic mass is 35.5. The number of sulfonamides is 1. The molecule has 0 aromatic heterocycles. The second kappa shape index (κ2) is 9.80. The fourth-order valence-electron chi connectivity index (χ4n) is 3.68. The number of hydrogen-bond acceptors (Lipinski definition) is 5. The summed E-state index contributed by atoms with van der Waals surface area (Å²) in [5.41, 5.74) is 0.575. The Morgan fingerprint density at radius 3 is 2.29 bits per heavy atom. The van der Waals surface area contributed by atoms with E-state index < -0.39 is 28.5 Å². The van der Waals surface area contributed by atoms with Crippen LogP contribution >= 0.6 is 11.6 Å². The van der Waals surface area contributed by atoms with Gasteiger partial charge in [0.25, 0.3) is 5.91 Å². The van der Waals surface area contributed by atoms with Gasteiger partial charge in [0.15, 0.2) is 6.61 Å². The number of esters is 1. The molecule has 0 radical (unpaired) electrons. The van der Waals surface area contributed by atoms with E-state index in [9.17, 15) is 18.0 Å². The van der Waals surface area contributed by atoms with E-state index in [-0.39, 0.29) is 10.5 Å². The van der Waals surface area contributed by atoms with E-state index in [0.29, 0.717) is 35.6 Å². The van der Waals surface area contributed by atoms with Crippen molar-refractivity contribution in [3.05, 3.63) is 59.1 Å². The van der Waals surface area contributed by atoms with Crippen LogP contribution in [0.1, 0.15) is 30.6 Å². The van der Waals surface area contributed by atoms with Gasteiger partial charge in [-0.3, -0.25) is 4.79 Å². The summed E-state index contributed by atoms with van der Waals surface area (Å²) in [6.45, 7) is 4.56. The average molecular weight is 465 g/mol. The monoisotopic (exact) mass is 464 g/mol. The molecular formula is C22H25ClN2O5S. The molecule has 1 aliphatic heterocycles. The molecule has 0 spiro atoms. The van der Waals surface area contributed by atoms with E-state index in [2.05, 4.69) is 5.32 Å². The Bertz CT molecular complexity index is 1050. The van der Waals surface area contributed by atoms with Crippen LogP contribution in [0.2, 0.25) is 5.02 Å². The molecule has 1 fully saturated rings. The van der Waals surface area contributed by atoms with Crippen LogP contribution in [-0.2, 0) is 19.6 Å². The molecule has 0 unspecified atom stereocenters. The van der Waals surface area contributed by atoms with Gasteiger partial charge in [0.1, 0.15) is 0 Å². The molecule has 9 heteroatoms. The van der Waals surface area contributed by atoms with Crippen LogP contribution in [0.4, 0.5) is 5.69 Å². The fraction of sp³-hybridized carbons (Fsp3) is 0.364. The summed E-state index contributed by atoms with van der Waals surface area (Å²) < 4.78 is 32.4. The summed E-state index contributed by atoms with van der Waals surface area (Å²) in [5, 5.41) is 2.93. The van der Waals surface area contributed by atoms with E-state index in [1.165, 1.54) is 28.6 Å². The van der Waals surface area contributed by atoms with Crippen molar-refractivity contribution in [1.82, 2.24) is 4.31 Å². The number of halogens is 1. The average Bonchev–Trinajstić information content (AvgIpc) is 2.73. The van der Waals surface area contributed by atoms with E-state index in [4.69, 9.17) is 16.3 Å². The SMILES string of the molecule is C[C@@H]1C[C@@H](C)CN(S(=O)(=O)c2ccc(C(=O)OCC(=O)Nc3ccccc3Cl)cc2)C1. The highest BCUT2D eigenvalue weighted by Crippen LogP contribution is 2.27. The van der Waals surface area contributed by atoms with Gasteiger partial charge in [0.05, 0.1) is 21.2 Å². The molecule has 2 aromatic carbocycles. The largest absolute Gasteiger partial charge is 0.452 e. The summed E-state index contributed by atoms with van der Waals surface area (Å²) in [7, 11) is -3.63. The number of nitrogens with one attached hydrogen (secondary N) is 1. The number of ether oxygens (including phenoxy) is 1. The first-order chi connectivity index (χ1) is 14.7. The van der Waals surface area contributed by atoms with Gasteiger partial charge >= 0.3 is 5.97 Å². The highest BCUT2D eigenvalue weighted by Gasteiger charge is 2.31. The lowest BCUT2D eigenvalue weighted by Crippen LogP contribution is -2.42. The van der Waals surface area contributed by atoms with Crippen molar-refractivity contribution in [2.45, 2.75) is 25.2 Å². The van der Waals surface area contributed by atoms with Gasteiger partial charge < -0.3 is 10.1 Å². The molecule has 1 amide bonds. The number of carbonyl (C=O) groups excluding carboxylic acids is 2. The Labute approximate surface area is 187 Å². The van der Waals surface area contributed by atoms with Crippen LogP contribution in [0, 0.1) is 11.8 Å². The van der Waals surface area contributed by atoms with Gasteiger partial charge in [0.2, 0.25) is 10.0 Å². The lowest BCUT2D eigenvalue weighted by molar-refractivity contribution is -0.119. The number of para-hydroxylation sites is 1. The Morgan fingerprint density at radius 1 is 1.06 bits per heavy atom. The van der Waals surface area contributed by atoms with Gasteiger partial charge in [-0.1, -0.05) is 37.6 Å². The molecule has 0 saturated carbocycles. The third-order valence-electron chi connectivity index (χ3n) is 5.05. The van der Waals surface area contributed by atoms with Crippen LogP contribution in [0.15, 0.2) is 53.4 Å². The smallest absolute Gasteiger partial charge is 0.338 e. The number of benzene rings is 2. The maximum atomic E-state index is 12.9. The molecule has 1 heterocycles. The summed E-state index contributed by atoms with van der Waals surface area (Å²) in [6, 6.07) is 12.3. The van der Waals surface area contributed by atoms with Crippen molar-refractivity contribution >= 4 is 39.2 Å². The predicted molar refractivity (Wildman–Crippen MR) is 119 cm³/mol. The van der Waals surface area contributed by atoms with Gasteiger partial charge in [-0.15, -0.1) is 0 Å². The lowest BCUT2D eigenvalue weighted by atomic mass is 9.94. The standard InChI is InChI=1S/C22H25ClN2O5S/c1-15-11-16(2)13-25(12-15)31(28,29)18-9-7-17(8-10-18)22(27)30-14-21(26)24-20-6-4-3-5-19(20)23/h3-10,15-16H,11-14H2,1-2H3,(H,24,26)/t15-,16-/m1/s1. The lowest BCUT2D eigenvalue weighted by Gasteiger charge is -2.34. The number of hydrogen-bond donors (Lipinski definition) is 1. The molecule has 31 heavy (non-hydrogen) atoms. The number of nitrogens with zero attached hydrogens (tertiary/aromatic N) is 1. The molecule has 1 saturated heterocycles. The Balaban J connectivity index is 1.59. The van der Waals surface area contributed by atoms with Crippen molar-refractivity contribution in [3.8, 4) is 0 Å². The first kappa shape index (κ1) is 23.2. The van der Waals surface area contributed by atoms with Crippen LogP contribution in [0.3, 0.4) is 0 Å². The minimum absolute atomic E-state index is 0.127. The van der Waals surface area contributed by atoms with Gasteiger partial charge in [0, 0.05) is 13.1 Å². The molecule has 2 aromatic rings. The molecule has 1 N–H and O–H groups in total. The summed E-state index contributed by atoms with van der Waals surface area (Å²) in [6.07, 6.45) is 1.00. The third-order valence-corrected chi connectivity index (χ3v) is 7.22. The molecule has 2 atom stereocenters. The predicted octanol–water partition coefficient (Wildman–Crippen LogP) is 3.80. The molecule has 1 aliphatic rings. The quantitative estimate of drug-likeness (QED) is 0.656. The summed E-state index contributed by atoms with van der Waals surface area (Å²) in [5.74, 6) is -0.665. The zero-order valence-electron chi connectivity index (χ0n) is 17.4. The maximum absolute atomic E-state index is 12.9. The minimum atomic E-state index is -3.63. The molecule has 0 aliphatic carbocycles. The van der Waals surface area contributed by atoms with Crippen LogP contribution in [-0.4, -0.2) is 44.3 Å². The second-order valence-corrected chi connectivity index (χ2v) is 10.2. The highest BCUT2D eigenvalue weighted by molar-refractivity contribution is 7.89. The zero-order valence-corrected chi connectivity index (χ0v) is 18.9. The van der Waals surface area contributed by atoms with Crippen molar-refractivity contribution in [2.75, 3.05) is 25.0 Å². The number of rotatable bonds is 6. The molecule has 0 bridgehead atoms. The first-order valence-corrected chi connectivity index (χ1v) is 11.8. The van der Waals surface area contributed by atoms with Crippen molar-refractivity contribution in [3.63, 3.8) is 0 Å². The second-order valence-electron chi connectivity index (χ2n) is 7.90. The van der Waals surface area contributed by atoms with Crippen molar-refractivity contribution in [2.24, 2.45) is 11.8 Å². The molecule has 3 rings (SSSR count). The van der Waals surface area contributed by atoms with Crippen LogP contribution < -0.4 is 5.32 Å². The van der Waals surface area contributed by atoms with Gasteiger partial charge in [-0.2, -0.15) is 4.31 Å². The van der Waals surface area contributed by atoms with Crippen LogP contribution in [0.5, 0.6) is 0 Å². The van der Waals surface area contributed by atoms with Crippen molar-refractivity contribution < 1.29 is 22.7 Å². The van der Waals surface area contributed by atoms with E-state index >= 15 is 0 Å². The number of amides is 1. The third kappa shape index (κ3) is 5.84. The Hall–Kier alpha value is -2.42. The van der Waals surface area contributed by atoms with E-state index in [1.54, 1.807) is 24.3 Å². The number of piperidine rings is 1. The normalized spacial score (nSPS) is 19.6. The first-order valence-electron chi connectivity index (χ1n) is 9.98. The van der Waals surface area contributed by atoms with Gasteiger partial charge in [-0.05, 0) is 54.7 Å². The zero-order chi connectivity index (χ0) is 22.6. The summed E-state index contributed by atoms with van der Waals surface area (Å²) in [4.78, 5) is 24.3. The number of anilines is 1. The molecular weight excluding hydrogens is 440 g/mol. The Kier molecular flexibility index (Phi) is 7.35. The van der Waals surface area contributed by atoms with Gasteiger partial charge in [-0.25, -0.2) is 13.2 Å². The Morgan fingerprint density at radius 2 is 1.68 bits per heavy atom.